The Morgan fingerprint density at radius 2 is 2.00 bits per heavy atom. The molecule has 22 heavy (non-hydrogen) atoms. The number of rotatable bonds is 7. The second kappa shape index (κ2) is 8.76. The summed E-state index contributed by atoms with van der Waals surface area (Å²) in [4.78, 5) is 14.0. The molecule has 1 fully saturated rings. The summed E-state index contributed by atoms with van der Waals surface area (Å²) in [6.45, 7) is 8.83. The lowest BCUT2D eigenvalue weighted by molar-refractivity contribution is -0.143. The van der Waals surface area contributed by atoms with E-state index in [0.717, 1.165) is 45.0 Å². The SMILES string of the molecule is CCOC(=O)[C@@H](C)Nc1ccc(CCN2CCOCC2)cc1. The van der Waals surface area contributed by atoms with Gasteiger partial charge < -0.3 is 14.8 Å². The maximum Gasteiger partial charge on any atom is 0.328 e. The Bertz CT molecular complexity index is 455. The molecule has 1 aromatic rings. The summed E-state index contributed by atoms with van der Waals surface area (Å²) < 4.78 is 10.3. The lowest BCUT2D eigenvalue weighted by Gasteiger charge is -2.26. The summed E-state index contributed by atoms with van der Waals surface area (Å²) in [7, 11) is 0. The van der Waals surface area contributed by atoms with Gasteiger partial charge in [-0.15, -0.1) is 0 Å². The van der Waals surface area contributed by atoms with Crippen LogP contribution in [0.2, 0.25) is 0 Å². The van der Waals surface area contributed by atoms with Crippen LogP contribution in [0.25, 0.3) is 0 Å². The molecule has 0 amide bonds. The van der Waals surface area contributed by atoms with Gasteiger partial charge in [0.1, 0.15) is 6.04 Å². The van der Waals surface area contributed by atoms with Crippen LogP contribution in [0.3, 0.4) is 0 Å². The number of nitrogens with one attached hydrogen (secondary N) is 1. The molecule has 1 aliphatic heterocycles. The fourth-order valence-corrected chi connectivity index (χ4v) is 2.46. The fourth-order valence-electron chi connectivity index (χ4n) is 2.46. The van der Waals surface area contributed by atoms with E-state index in [1.54, 1.807) is 0 Å². The molecule has 122 valence electrons. The molecule has 0 radical (unpaired) electrons. The molecular weight excluding hydrogens is 280 g/mol. The van der Waals surface area contributed by atoms with Crippen molar-refractivity contribution >= 4 is 11.7 Å². The largest absolute Gasteiger partial charge is 0.464 e. The first-order valence-corrected chi connectivity index (χ1v) is 8.01. The van der Waals surface area contributed by atoms with Gasteiger partial charge in [-0.2, -0.15) is 0 Å². The lowest BCUT2D eigenvalue weighted by Crippen LogP contribution is -2.37. The van der Waals surface area contributed by atoms with E-state index in [0.29, 0.717) is 6.61 Å². The van der Waals surface area contributed by atoms with E-state index in [1.165, 1.54) is 5.56 Å². The fraction of sp³-hybridized carbons (Fsp3) is 0.588. The highest BCUT2D eigenvalue weighted by Crippen LogP contribution is 2.12. The lowest BCUT2D eigenvalue weighted by atomic mass is 10.1. The Balaban J connectivity index is 1.78. The number of anilines is 1. The molecule has 5 heteroatoms. The Morgan fingerprint density at radius 3 is 2.64 bits per heavy atom. The van der Waals surface area contributed by atoms with Crippen LogP contribution in [0.1, 0.15) is 19.4 Å². The first kappa shape index (κ1) is 16.8. The van der Waals surface area contributed by atoms with Gasteiger partial charge in [0.15, 0.2) is 0 Å². The third-order valence-corrected chi connectivity index (χ3v) is 3.80. The average molecular weight is 306 g/mol. The molecule has 0 unspecified atom stereocenters. The van der Waals surface area contributed by atoms with E-state index >= 15 is 0 Å². The summed E-state index contributed by atoms with van der Waals surface area (Å²) in [5, 5.41) is 3.16. The molecule has 5 nitrogen and oxygen atoms in total. The van der Waals surface area contributed by atoms with E-state index in [1.807, 2.05) is 26.0 Å². The van der Waals surface area contributed by atoms with Crippen molar-refractivity contribution in [1.29, 1.82) is 0 Å². The van der Waals surface area contributed by atoms with Gasteiger partial charge >= 0.3 is 5.97 Å². The Labute approximate surface area is 132 Å². The smallest absolute Gasteiger partial charge is 0.328 e. The summed E-state index contributed by atoms with van der Waals surface area (Å²) in [6, 6.07) is 7.93. The van der Waals surface area contributed by atoms with Crippen LogP contribution < -0.4 is 5.32 Å². The third-order valence-electron chi connectivity index (χ3n) is 3.80. The molecule has 1 atom stereocenters. The molecule has 1 heterocycles. The van der Waals surface area contributed by atoms with E-state index in [-0.39, 0.29) is 12.0 Å². The number of nitrogens with zero attached hydrogens (tertiary/aromatic N) is 1. The highest BCUT2D eigenvalue weighted by atomic mass is 16.5. The number of carbonyl (C=O) groups is 1. The van der Waals surface area contributed by atoms with Crippen molar-refractivity contribution in [3.05, 3.63) is 29.8 Å². The molecule has 2 rings (SSSR count). The van der Waals surface area contributed by atoms with Crippen molar-refractivity contribution in [3.63, 3.8) is 0 Å². The molecule has 0 aromatic heterocycles. The Morgan fingerprint density at radius 1 is 1.32 bits per heavy atom. The van der Waals surface area contributed by atoms with Gasteiger partial charge in [0.25, 0.3) is 0 Å². The zero-order valence-corrected chi connectivity index (χ0v) is 13.5. The predicted octanol–water partition coefficient (Wildman–Crippen LogP) is 1.92. The molecule has 1 saturated heterocycles. The van der Waals surface area contributed by atoms with Crippen LogP contribution in [0, 0.1) is 0 Å². The first-order valence-electron chi connectivity index (χ1n) is 8.01. The number of ether oxygens (including phenoxy) is 2. The minimum Gasteiger partial charge on any atom is -0.464 e. The number of morpholine rings is 1. The third kappa shape index (κ3) is 5.31. The molecule has 0 spiro atoms. The Hall–Kier alpha value is -1.59. The van der Waals surface area contributed by atoms with Crippen molar-refractivity contribution in [3.8, 4) is 0 Å². The van der Waals surface area contributed by atoms with E-state index in [2.05, 4.69) is 22.3 Å². The van der Waals surface area contributed by atoms with Gasteiger partial charge in [0.2, 0.25) is 0 Å². The van der Waals surface area contributed by atoms with Crippen LogP contribution in [0.4, 0.5) is 5.69 Å². The number of hydrogen-bond acceptors (Lipinski definition) is 5. The van der Waals surface area contributed by atoms with Gasteiger partial charge in [0, 0.05) is 25.3 Å². The van der Waals surface area contributed by atoms with Crippen molar-refractivity contribution in [2.45, 2.75) is 26.3 Å². The van der Waals surface area contributed by atoms with Gasteiger partial charge in [-0.25, -0.2) is 4.79 Å². The van der Waals surface area contributed by atoms with Gasteiger partial charge in [-0.1, -0.05) is 12.1 Å². The normalized spacial score (nSPS) is 17.0. The topological polar surface area (TPSA) is 50.8 Å². The van der Waals surface area contributed by atoms with E-state index in [9.17, 15) is 4.79 Å². The molecule has 1 aliphatic rings. The highest BCUT2D eigenvalue weighted by molar-refractivity contribution is 5.78. The van der Waals surface area contributed by atoms with Crippen LogP contribution in [0.5, 0.6) is 0 Å². The van der Waals surface area contributed by atoms with Gasteiger partial charge in [-0.3, -0.25) is 4.90 Å². The summed E-state index contributed by atoms with van der Waals surface area (Å²) in [5.74, 6) is -0.223. The van der Waals surface area contributed by atoms with Crippen molar-refractivity contribution in [1.82, 2.24) is 4.90 Å². The van der Waals surface area contributed by atoms with Crippen LogP contribution in [0.15, 0.2) is 24.3 Å². The van der Waals surface area contributed by atoms with Crippen molar-refractivity contribution < 1.29 is 14.3 Å². The molecule has 1 N–H and O–H groups in total. The second-order valence-electron chi connectivity index (χ2n) is 5.52. The first-order chi connectivity index (χ1) is 10.7. The number of hydrogen-bond donors (Lipinski definition) is 1. The number of esters is 1. The number of benzene rings is 1. The van der Waals surface area contributed by atoms with Gasteiger partial charge in [0.05, 0.1) is 19.8 Å². The quantitative estimate of drug-likeness (QED) is 0.780. The van der Waals surface area contributed by atoms with Crippen LogP contribution >= 0.6 is 0 Å². The van der Waals surface area contributed by atoms with Crippen molar-refractivity contribution in [2.75, 3.05) is 44.8 Å². The zero-order chi connectivity index (χ0) is 15.8. The summed E-state index contributed by atoms with van der Waals surface area (Å²) >= 11 is 0. The van der Waals surface area contributed by atoms with Gasteiger partial charge in [-0.05, 0) is 38.0 Å². The molecule has 0 aliphatic carbocycles. The van der Waals surface area contributed by atoms with Crippen LogP contribution in [-0.4, -0.2) is 56.4 Å². The zero-order valence-electron chi connectivity index (χ0n) is 13.5. The summed E-state index contributed by atoms with van der Waals surface area (Å²) in [5.41, 5.74) is 2.25. The monoisotopic (exact) mass is 306 g/mol. The van der Waals surface area contributed by atoms with E-state index in [4.69, 9.17) is 9.47 Å². The number of carbonyl (C=O) groups excluding carboxylic acids is 1. The van der Waals surface area contributed by atoms with Crippen LogP contribution in [-0.2, 0) is 20.7 Å². The molecular formula is C17H26N2O3. The summed E-state index contributed by atoms with van der Waals surface area (Å²) in [6.07, 6.45) is 1.04. The Kier molecular flexibility index (Phi) is 6.68. The minimum atomic E-state index is -0.334. The van der Waals surface area contributed by atoms with Crippen molar-refractivity contribution in [2.24, 2.45) is 0 Å². The minimum absolute atomic E-state index is 0.223. The molecule has 0 saturated carbocycles. The maximum atomic E-state index is 11.6. The molecule has 1 aromatic carbocycles. The molecule has 0 bridgehead atoms. The second-order valence-corrected chi connectivity index (χ2v) is 5.52. The standard InChI is InChI=1S/C17H26N2O3/c1-3-22-17(20)14(2)18-16-6-4-15(5-7-16)8-9-19-10-12-21-13-11-19/h4-7,14,18H,3,8-13H2,1-2H3/t14-/m1/s1. The average Bonchev–Trinajstić information content (AvgIpc) is 2.55. The predicted molar refractivity (Wildman–Crippen MR) is 87.1 cm³/mol. The highest BCUT2D eigenvalue weighted by Gasteiger charge is 2.13. The van der Waals surface area contributed by atoms with E-state index < -0.39 is 0 Å². The maximum absolute atomic E-state index is 11.6.